The second kappa shape index (κ2) is 6.29. The van der Waals surface area contributed by atoms with Crippen molar-refractivity contribution in [3.8, 4) is 5.75 Å². The molecular weight excluding hydrogens is 336 g/mol. The topological polar surface area (TPSA) is 18.5 Å². The molecule has 0 radical (unpaired) electrons. The molecule has 2 nitrogen and oxygen atoms in total. The smallest absolute Gasteiger partial charge is 0.411 e. The molecule has 0 heterocycles. The molecule has 0 spiro atoms. The molecule has 0 unspecified atom stereocenters. The van der Waals surface area contributed by atoms with Gasteiger partial charge >= 0.3 is 6.18 Å². The third kappa shape index (κ3) is 6.16. The number of rotatable bonds is 5. The van der Waals surface area contributed by atoms with Gasteiger partial charge in [0.2, 0.25) is 0 Å². The highest BCUT2D eigenvalue weighted by atomic mass is 127. The van der Waals surface area contributed by atoms with Crippen molar-refractivity contribution >= 4 is 22.6 Å². The molecule has 90 valence electrons. The van der Waals surface area contributed by atoms with Crippen LogP contribution >= 0.6 is 22.6 Å². The summed E-state index contributed by atoms with van der Waals surface area (Å²) >= 11 is 2.15. The quantitative estimate of drug-likeness (QED) is 0.602. The van der Waals surface area contributed by atoms with Gasteiger partial charge in [-0.1, -0.05) is 0 Å². The Morgan fingerprint density at radius 3 is 2.25 bits per heavy atom. The number of hydrogen-bond donors (Lipinski definition) is 0. The number of ether oxygens (including phenoxy) is 2. The number of hydrogen-bond acceptors (Lipinski definition) is 2. The Balaban J connectivity index is 2.14. The predicted molar refractivity (Wildman–Crippen MR) is 61.5 cm³/mol. The van der Waals surface area contributed by atoms with Crippen molar-refractivity contribution in [1.29, 1.82) is 0 Å². The average Bonchev–Trinajstić information content (AvgIpc) is 2.19. The lowest BCUT2D eigenvalue weighted by Gasteiger charge is -2.08. The van der Waals surface area contributed by atoms with Gasteiger partial charge in [-0.15, -0.1) is 0 Å². The monoisotopic (exact) mass is 346 g/mol. The van der Waals surface area contributed by atoms with Crippen molar-refractivity contribution in [3.05, 3.63) is 27.8 Å². The Hall–Kier alpha value is -0.500. The fraction of sp³-hybridized carbons (Fsp3) is 0.400. The summed E-state index contributed by atoms with van der Waals surface area (Å²) in [5.41, 5.74) is 0. The molecule has 1 aromatic rings. The molecule has 0 bridgehead atoms. The van der Waals surface area contributed by atoms with Gasteiger partial charge in [-0.2, -0.15) is 13.2 Å². The Labute approximate surface area is 105 Å². The number of halogens is 4. The van der Waals surface area contributed by atoms with Gasteiger partial charge in [0.15, 0.2) is 0 Å². The van der Waals surface area contributed by atoms with E-state index in [0.717, 1.165) is 3.57 Å². The first-order valence-electron chi connectivity index (χ1n) is 4.50. The van der Waals surface area contributed by atoms with Gasteiger partial charge in [0, 0.05) is 3.57 Å². The van der Waals surface area contributed by atoms with E-state index in [9.17, 15) is 13.2 Å². The molecule has 0 amide bonds. The lowest BCUT2D eigenvalue weighted by Crippen LogP contribution is -2.19. The van der Waals surface area contributed by atoms with Crippen LogP contribution in [0.2, 0.25) is 0 Å². The van der Waals surface area contributed by atoms with E-state index in [1.165, 1.54) is 0 Å². The molecule has 0 saturated carbocycles. The number of benzene rings is 1. The molecule has 16 heavy (non-hydrogen) atoms. The zero-order valence-corrected chi connectivity index (χ0v) is 10.4. The summed E-state index contributed by atoms with van der Waals surface area (Å²) in [5.74, 6) is 0.621. The van der Waals surface area contributed by atoms with Gasteiger partial charge < -0.3 is 9.47 Å². The minimum Gasteiger partial charge on any atom is -0.491 e. The second-order valence-corrected chi connectivity index (χ2v) is 4.22. The first-order chi connectivity index (χ1) is 7.47. The van der Waals surface area contributed by atoms with Crippen molar-refractivity contribution in [2.75, 3.05) is 19.8 Å². The molecule has 0 aromatic heterocycles. The Morgan fingerprint density at radius 2 is 1.69 bits per heavy atom. The summed E-state index contributed by atoms with van der Waals surface area (Å²) in [6.07, 6.45) is -4.27. The van der Waals surface area contributed by atoms with Crippen LogP contribution in [0.15, 0.2) is 24.3 Å². The van der Waals surface area contributed by atoms with Crippen molar-refractivity contribution in [1.82, 2.24) is 0 Å². The highest BCUT2D eigenvalue weighted by Crippen LogP contribution is 2.15. The van der Waals surface area contributed by atoms with Crippen LogP contribution in [0.1, 0.15) is 0 Å². The summed E-state index contributed by atoms with van der Waals surface area (Å²) in [7, 11) is 0. The van der Waals surface area contributed by atoms with Crippen molar-refractivity contribution in [2.24, 2.45) is 0 Å². The highest BCUT2D eigenvalue weighted by Gasteiger charge is 2.27. The van der Waals surface area contributed by atoms with Crippen molar-refractivity contribution in [3.63, 3.8) is 0 Å². The molecule has 0 saturated heterocycles. The van der Waals surface area contributed by atoms with E-state index in [4.69, 9.17) is 4.74 Å². The minimum atomic E-state index is -4.27. The summed E-state index contributed by atoms with van der Waals surface area (Å²) in [5, 5.41) is 0. The van der Waals surface area contributed by atoms with Crippen LogP contribution < -0.4 is 4.74 Å². The van der Waals surface area contributed by atoms with Gasteiger partial charge in [0.1, 0.15) is 19.0 Å². The molecule has 0 atom stereocenters. The SMILES string of the molecule is FC(F)(F)COCCOc1ccc(I)cc1. The normalized spacial score (nSPS) is 11.5. The van der Waals surface area contributed by atoms with Gasteiger partial charge in [-0.25, -0.2) is 0 Å². The first-order valence-corrected chi connectivity index (χ1v) is 5.58. The maximum atomic E-state index is 11.7. The van der Waals surface area contributed by atoms with Gasteiger partial charge in [0.25, 0.3) is 0 Å². The van der Waals surface area contributed by atoms with Crippen LogP contribution in [0.3, 0.4) is 0 Å². The molecule has 6 heteroatoms. The molecule has 0 aliphatic carbocycles. The zero-order chi connectivity index (χ0) is 12.0. The van der Waals surface area contributed by atoms with E-state index in [2.05, 4.69) is 27.3 Å². The fourth-order valence-electron chi connectivity index (χ4n) is 0.937. The van der Waals surface area contributed by atoms with Gasteiger partial charge in [-0.3, -0.25) is 0 Å². The van der Waals surface area contributed by atoms with E-state index in [1.54, 1.807) is 12.1 Å². The summed E-state index contributed by atoms with van der Waals surface area (Å²) in [4.78, 5) is 0. The summed E-state index contributed by atoms with van der Waals surface area (Å²) in [6.45, 7) is -1.20. The highest BCUT2D eigenvalue weighted by molar-refractivity contribution is 14.1. The summed E-state index contributed by atoms with van der Waals surface area (Å²) in [6, 6.07) is 7.22. The van der Waals surface area contributed by atoms with E-state index in [0.29, 0.717) is 5.75 Å². The average molecular weight is 346 g/mol. The van der Waals surface area contributed by atoms with Crippen LogP contribution in [0.5, 0.6) is 5.75 Å². The van der Waals surface area contributed by atoms with Crippen molar-refractivity contribution < 1.29 is 22.6 Å². The first kappa shape index (κ1) is 13.6. The Morgan fingerprint density at radius 1 is 1.06 bits per heavy atom. The zero-order valence-electron chi connectivity index (χ0n) is 8.26. The van der Waals surface area contributed by atoms with Crippen LogP contribution in [-0.4, -0.2) is 26.0 Å². The predicted octanol–water partition coefficient (Wildman–Crippen LogP) is 3.25. The van der Waals surface area contributed by atoms with Gasteiger partial charge in [0.05, 0.1) is 6.61 Å². The molecular formula is C10H10F3IO2. The van der Waals surface area contributed by atoms with Crippen molar-refractivity contribution in [2.45, 2.75) is 6.18 Å². The van der Waals surface area contributed by atoms with Gasteiger partial charge in [-0.05, 0) is 46.9 Å². The molecule has 0 N–H and O–H groups in total. The van der Waals surface area contributed by atoms with Crippen LogP contribution in [-0.2, 0) is 4.74 Å². The van der Waals surface area contributed by atoms with Crippen LogP contribution in [0.25, 0.3) is 0 Å². The van der Waals surface area contributed by atoms with E-state index >= 15 is 0 Å². The maximum Gasteiger partial charge on any atom is 0.411 e. The van der Waals surface area contributed by atoms with E-state index < -0.39 is 12.8 Å². The standard InChI is InChI=1S/C10H10F3IO2/c11-10(12,13)7-15-5-6-16-9-3-1-8(14)2-4-9/h1-4H,5-7H2. The van der Waals surface area contributed by atoms with Crippen LogP contribution in [0.4, 0.5) is 13.2 Å². The molecule has 1 aromatic carbocycles. The molecule has 0 fully saturated rings. The lowest BCUT2D eigenvalue weighted by molar-refractivity contribution is -0.175. The summed E-state index contributed by atoms with van der Waals surface area (Å²) < 4.78 is 45.7. The Kier molecular flexibility index (Phi) is 5.33. The largest absolute Gasteiger partial charge is 0.491 e. The Bertz CT molecular complexity index is 311. The molecule has 0 aliphatic rings. The van der Waals surface area contributed by atoms with Crippen LogP contribution in [0, 0.1) is 3.57 Å². The maximum absolute atomic E-state index is 11.7. The molecule has 0 aliphatic heterocycles. The third-order valence-corrected chi connectivity index (χ3v) is 2.29. The number of alkyl halides is 3. The lowest BCUT2D eigenvalue weighted by atomic mass is 10.3. The fourth-order valence-corrected chi connectivity index (χ4v) is 1.30. The van der Waals surface area contributed by atoms with E-state index in [1.807, 2.05) is 12.1 Å². The van der Waals surface area contributed by atoms with E-state index in [-0.39, 0.29) is 13.2 Å². The third-order valence-electron chi connectivity index (χ3n) is 1.58. The minimum absolute atomic E-state index is 0.0779. The second-order valence-electron chi connectivity index (χ2n) is 2.97. The molecule has 1 rings (SSSR count).